The summed E-state index contributed by atoms with van der Waals surface area (Å²) in [5.41, 5.74) is 7.83. The van der Waals surface area contributed by atoms with Gasteiger partial charge in [-0.25, -0.2) is 9.97 Å². The fourth-order valence-corrected chi connectivity index (χ4v) is 2.50. The molecule has 1 atom stereocenters. The van der Waals surface area contributed by atoms with Crippen LogP contribution in [0.25, 0.3) is 0 Å². The van der Waals surface area contributed by atoms with E-state index in [-0.39, 0.29) is 0 Å². The van der Waals surface area contributed by atoms with Gasteiger partial charge in [0, 0.05) is 24.5 Å². The molecule has 2 rings (SSSR count). The lowest BCUT2D eigenvalue weighted by atomic mass is 10.1. The summed E-state index contributed by atoms with van der Waals surface area (Å²) in [6, 6.07) is 2.08. The summed E-state index contributed by atoms with van der Waals surface area (Å²) in [7, 11) is 0. The predicted octanol–water partition coefficient (Wildman–Crippen LogP) is 2.08. The van der Waals surface area contributed by atoms with Gasteiger partial charge in [0.2, 0.25) is 5.95 Å². The third-order valence-electron chi connectivity index (χ3n) is 3.60. The fraction of sp³-hybridized carbons (Fsp3) is 0.714. The van der Waals surface area contributed by atoms with Gasteiger partial charge in [0.25, 0.3) is 0 Å². The minimum atomic E-state index is 0.452. The van der Waals surface area contributed by atoms with Crippen molar-refractivity contribution < 1.29 is 0 Å². The highest BCUT2D eigenvalue weighted by Crippen LogP contribution is 2.24. The second kappa shape index (κ2) is 5.65. The highest BCUT2D eigenvalue weighted by Gasteiger charge is 2.24. The largest absolute Gasteiger partial charge is 0.341 e. The molecule has 0 aliphatic carbocycles. The van der Waals surface area contributed by atoms with Crippen molar-refractivity contribution in [2.45, 2.75) is 39.5 Å². The van der Waals surface area contributed by atoms with Crippen LogP contribution in [0.3, 0.4) is 0 Å². The zero-order chi connectivity index (χ0) is 13.1. The topological polar surface area (TPSA) is 55.0 Å². The van der Waals surface area contributed by atoms with Crippen LogP contribution < -0.4 is 10.6 Å². The molecule has 4 heteroatoms. The van der Waals surface area contributed by atoms with Gasteiger partial charge < -0.3 is 10.6 Å². The molecule has 1 aliphatic heterocycles. The minimum absolute atomic E-state index is 0.452. The molecule has 0 bridgehead atoms. The Bertz CT molecular complexity index is 403. The number of hydrogen-bond acceptors (Lipinski definition) is 4. The van der Waals surface area contributed by atoms with E-state index in [1.54, 1.807) is 0 Å². The molecule has 0 spiro atoms. The molecule has 1 unspecified atom stereocenters. The van der Waals surface area contributed by atoms with Crippen LogP contribution in [0.2, 0.25) is 0 Å². The predicted molar refractivity (Wildman–Crippen MR) is 74.8 cm³/mol. The molecule has 1 saturated heterocycles. The van der Waals surface area contributed by atoms with E-state index in [0.717, 1.165) is 43.4 Å². The molecule has 1 fully saturated rings. The van der Waals surface area contributed by atoms with E-state index >= 15 is 0 Å². The first-order valence-electron chi connectivity index (χ1n) is 6.90. The molecule has 2 heterocycles. The van der Waals surface area contributed by atoms with E-state index in [2.05, 4.69) is 29.8 Å². The van der Waals surface area contributed by atoms with Gasteiger partial charge in [-0.05, 0) is 44.2 Å². The summed E-state index contributed by atoms with van der Waals surface area (Å²) in [6.07, 6.45) is 2.32. The van der Waals surface area contributed by atoms with Crippen molar-refractivity contribution >= 4 is 5.95 Å². The van der Waals surface area contributed by atoms with E-state index in [0.29, 0.717) is 11.8 Å². The Labute approximate surface area is 110 Å². The van der Waals surface area contributed by atoms with E-state index < -0.39 is 0 Å². The maximum Gasteiger partial charge on any atom is 0.225 e. The van der Waals surface area contributed by atoms with Crippen molar-refractivity contribution in [3.05, 3.63) is 17.5 Å². The van der Waals surface area contributed by atoms with Gasteiger partial charge in [-0.15, -0.1) is 0 Å². The first-order chi connectivity index (χ1) is 8.60. The molecule has 1 aromatic rings. The molecule has 4 nitrogen and oxygen atoms in total. The maximum atomic E-state index is 5.63. The van der Waals surface area contributed by atoms with E-state index in [9.17, 15) is 0 Å². The quantitative estimate of drug-likeness (QED) is 0.886. The maximum absolute atomic E-state index is 5.63. The Morgan fingerprint density at radius 1 is 1.44 bits per heavy atom. The van der Waals surface area contributed by atoms with Crippen LogP contribution in [0.4, 0.5) is 5.95 Å². The molecule has 100 valence electrons. The molecule has 0 aromatic carbocycles. The number of aromatic nitrogens is 2. The van der Waals surface area contributed by atoms with Crippen LogP contribution in [0, 0.1) is 12.8 Å². The van der Waals surface area contributed by atoms with Crippen molar-refractivity contribution in [2.75, 3.05) is 24.5 Å². The number of aryl methyl sites for hydroxylation is 1. The molecule has 2 N–H and O–H groups in total. The summed E-state index contributed by atoms with van der Waals surface area (Å²) in [4.78, 5) is 11.6. The molecule has 1 aliphatic rings. The number of nitrogens with zero attached hydrogens (tertiary/aromatic N) is 3. The van der Waals surface area contributed by atoms with Crippen LogP contribution in [0.1, 0.15) is 44.0 Å². The Balaban J connectivity index is 2.14. The molecular weight excluding hydrogens is 224 g/mol. The minimum Gasteiger partial charge on any atom is -0.341 e. The van der Waals surface area contributed by atoms with E-state index in [1.807, 2.05) is 6.92 Å². The Hall–Kier alpha value is -1.16. The second-order valence-corrected chi connectivity index (χ2v) is 5.57. The fourth-order valence-electron chi connectivity index (χ4n) is 2.50. The number of nitrogens with two attached hydrogens (primary N) is 1. The monoisotopic (exact) mass is 248 g/mol. The molecule has 0 radical (unpaired) electrons. The van der Waals surface area contributed by atoms with Crippen LogP contribution >= 0.6 is 0 Å². The van der Waals surface area contributed by atoms with Gasteiger partial charge in [-0.3, -0.25) is 0 Å². The average Bonchev–Trinajstić information content (AvgIpc) is 2.77. The van der Waals surface area contributed by atoms with Gasteiger partial charge in [-0.1, -0.05) is 13.8 Å². The number of rotatable bonds is 4. The molecule has 0 amide bonds. The van der Waals surface area contributed by atoms with Crippen molar-refractivity contribution in [3.8, 4) is 0 Å². The zero-order valence-electron chi connectivity index (χ0n) is 11.7. The normalized spacial score (nSPS) is 19.8. The van der Waals surface area contributed by atoms with Crippen molar-refractivity contribution in [2.24, 2.45) is 11.7 Å². The number of anilines is 1. The SMILES string of the molecule is Cc1cc(C(C)C)nc(N2CCC(CCN)C2)n1. The molecular formula is C14H24N4. The average molecular weight is 248 g/mol. The lowest BCUT2D eigenvalue weighted by Crippen LogP contribution is -2.23. The summed E-state index contributed by atoms with van der Waals surface area (Å²) in [6.45, 7) is 9.29. The summed E-state index contributed by atoms with van der Waals surface area (Å²) in [5, 5.41) is 0. The molecule has 0 saturated carbocycles. The molecule has 1 aromatic heterocycles. The zero-order valence-corrected chi connectivity index (χ0v) is 11.7. The van der Waals surface area contributed by atoms with E-state index in [1.165, 1.54) is 6.42 Å². The highest BCUT2D eigenvalue weighted by atomic mass is 15.3. The number of hydrogen-bond donors (Lipinski definition) is 1. The van der Waals surface area contributed by atoms with Crippen LogP contribution in [0.5, 0.6) is 0 Å². The van der Waals surface area contributed by atoms with Crippen molar-refractivity contribution in [1.82, 2.24) is 9.97 Å². The summed E-state index contributed by atoms with van der Waals surface area (Å²) < 4.78 is 0. The second-order valence-electron chi connectivity index (χ2n) is 5.57. The lowest BCUT2D eigenvalue weighted by molar-refractivity contribution is 0.545. The Morgan fingerprint density at radius 3 is 2.89 bits per heavy atom. The van der Waals surface area contributed by atoms with Crippen LogP contribution in [0.15, 0.2) is 6.07 Å². The first kappa shape index (κ1) is 13.3. The standard InChI is InChI=1S/C14H24N4/c1-10(2)13-8-11(3)16-14(17-13)18-7-5-12(9-18)4-6-15/h8,10,12H,4-7,9,15H2,1-3H3. The van der Waals surface area contributed by atoms with Gasteiger partial charge in [-0.2, -0.15) is 0 Å². The molecule has 18 heavy (non-hydrogen) atoms. The van der Waals surface area contributed by atoms with Crippen LogP contribution in [-0.4, -0.2) is 29.6 Å². The summed E-state index contributed by atoms with van der Waals surface area (Å²) in [5.74, 6) is 2.06. The van der Waals surface area contributed by atoms with Gasteiger partial charge >= 0.3 is 0 Å². The highest BCUT2D eigenvalue weighted by molar-refractivity contribution is 5.34. The third-order valence-corrected chi connectivity index (χ3v) is 3.60. The Kier molecular flexibility index (Phi) is 4.17. The van der Waals surface area contributed by atoms with Gasteiger partial charge in [0.15, 0.2) is 0 Å². The van der Waals surface area contributed by atoms with Gasteiger partial charge in [0.05, 0.1) is 0 Å². The Morgan fingerprint density at radius 2 is 2.22 bits per heavy atom. The first-order valence-corrected chi connectivity index (χ1v) is 6.90. The summed E-state index contributed by atoms with van der Waals surface area (Å²) >= 11 is 0. The van der Waals surface area contributed by atoms with Gasteiger partial charge in [0.1, 0.15) is 0 Å². The smallest absolute Gasteiger partial charge is 0.225 e. The van der Waals surface area contributed by atoms with Crippen molar-refractivity contribution in [3.63, 3.8) is 0 Å². The lowest BCUT2D eigenvalue weighted by Gasteiger charge is -2.18. The van der Waals surface area contributed by atoms with E-state index in [4.69, 9.17) is 10.7 Å². The van der Waals surface area contributed by atoms with Crippen molar-refractivity contribution in [1.29, 1.82) is 0 Å². The van der Waals surface area contributed by atoms with Crippen LogP contribution in [-0.2, 0) is 0 Å². The third kappa shape index (κ3) is 2.99.